The van der Waals surface area contributed by atoms with Gasteiger partial charge in [-0.1, -0.05) is 11.8 Å². The molecule has 0 aliphatic carbocycles. The van der Waals surface area contributed by atoms with Gasteiger partial charge >= 0.3 is 12.1 Å². The van der Waals surface area contributed by atoms with Crippen LogP contribution in [0.4, 0.5) is 17.6 Å². The Morgan fingerprint density at radius 3 is 2.68 bits per heavy atom. The van der Waals surface area contributed by atoms with Gasteiger partial charge in [0.05, 0.1) is 18.2 Å². The number of aromatic hydroxyl groups is 1. The number of aliphatic carboxylic acids is 1. The lowest BCUT2D eigenvalue weighted by molar-refractivity contribution is -0.140. The average Bonchev–Trinajstić information content (AvgIpc) is 2.81. The first-order valence-electron chi connectivity index (χ1n) is 6.48. The number of carboxylic acids is 1. The van der Waals surface area contributed by atoms with E-state index in [1.54, 1.807) is 0 Å². The van der Waals surface area contributed by atoms with Gasteiger partial charge in [0.25, 0.3) is 0 Å². The summed E-state index contributed by atoms with van der Waals surface area (Å²) < 4.78 is 51.0. The molecule has 1 aromatic carbocycles. The third-order valence-corrected chi connectivity index (χ3v) is 4.01. The van der Waals surface area contributed by atoms with E-state index in [1.807, 2.05) is 0 Å². The standard InChI is InChI=1S/C13H9F4N3O4S/c14-9-6(13(15,16)17)2-1-5(10(9)23)4-18-20-12-19-11(24)7(25-12)3-8(21)22/h1-2,4,7,23H,3H2,(H,21,22)(H,19,20,24). The van der Waals surface area contributed by atoms with E-state index in [-0.39, 0.29) is 10.7 Å². The number of phenols is 1. The van der Waals surface area contributed by atoms with E-state index in [9.17, 15) is 32.3 Å². The first-order chi connectivity index (χ1) is 11.6. The molecule has 1 atom stereocenters. The van der Waals surface area contributed by atoms with Crippen LogP contribution in [-0.4, -0.2) is 38.7 Å². The maximum absolute atomic E-state index is 13.5. The maximum atomic E-state index is 13.5. The predicted molar refractivity (Wildman–Crippen MR) is 79.9 cm³/mol. The number of hydrogen-bond acceptors (Lipinski definition) is 6. The lowest BCUT2D eigenvalue weighted by Crippen LogP contribution is -2.26. The minimum Gasteiger partial charge on any atom is -0.504 e. The van der Waals surface area contributed by atoms with E-state index in [0.717, 1.165) is 24.0 Å². The molecule has 2 rings (SSSR count). The number of thioether (sulfide) groups is 1. The number of rotatable bonds is 4. The summed E-state index contributed by atoms with van der Waals surface area (Å²) in [5, 5.41) is 26.4. The summed E-state index contributed by atoms with van der Waals surface area (Å²) >= 11 is 0.805. The average molecular weight is 379 g/mol. The number of hydrogen-bond donors (Lipinski definition) is 3. The van der Waals surface area contributed by atoms with Crippen molar-refractivity contribution in [1.82, 2.24) is 5.32 Å². The van der Waals surface area contributed by atoms with Crippen molar-refractivity contribution in [3.63, 3.8) is 0 Å². The highest BCUT2D eigenvalue weighted by atomic mass is 32.2. The van der Waals surface area contributed by atoms with E-state index in [1.165, 1.54) is 0 Å². The van der Waals surface area contributed by atoms with Gasteiger partial charge in [0, 0.05) is 5.56 Å². The van der Waals surface area contributed by atoms with Crippen molar-refractivity contribution >= 4 is 35.0 Å². The Balaban J connectivity index is 2.14. The molecule has 134 valence electrons. The van der Waals surface area contributed by atoms with Crippen LogP contribution in [0.25, 0.3) is 0 Å². The van der Waals surface area contributed by atoms with E-state index >= 15 is 0 Å². The Hall–Kier alpha value is -2.63. The summed E-state index contributed by atoms with van der Waals surface area (Å²) in [4.78, 5) is 22.0. The van der Waals surface area contributed by atoms with Gasteiger partial charge in [0.15, 0.2) is 16.7 Å². The number of nitrogens with one attached hydrogen (secondary N) is 1. The monoisotopic (exact) mass is 379 g/mol. The molecule has 1 aromatic rings. The van der Waals surface area contributed by atoms with Gasteiger partial charge in [-0.2, -0.15) is 18.3 Å². The first-order valence-corrected chi connectivity index (χ1v) is 7.36. The summed E-state index contributed by atoms with van der Waals surface area (Å²) in [6.45, 7) is 0. The highest BCUT2D eigenvalue weighted by Crippen LogP contribution is 2.35. The number of amidine groups is 1. The van der Waals surface area contributed by atoms with Crippen molar-refractivity contribution < 1.29 is 37.4 Å². The van der Waals surface area contributed by atoms with Gasteiger partial charge in [-0.15, -0.1) is 5.10 Å². The Bertz CT molecular complexity index is 779. The van der Waals surface area contributed by atoms with Crippen molar-refractivity contribution in [2.24, 2.45) is 10.2 Å². The van der Waals surface area contributed by atoms with Crippen molar-refractivity contribution in [2.45, 2.75) is 17.8 Å². The van der Waals surface area contributed by atoms with Crippen LogP contribution in [0.2, 0.25) is 0 Å². The van der Waals surface area contributed by atoms with Crippen molar-refractivity contribution in [3.8, 4) is 5.75 Å². The quantitative estimate of drug-likeness (QED) is 0.421. The molecule has 0 bridgehead atoms. The van der Waals surface area contributed by atoms with Crippen LogP contribution >= 0.6 is 11.8 Å². The van der Waals surface area contributed by atoms with Gasteiger partial charge in [0.1, 0.15) is 5.25 Å². The summed E-state index contributed by atoms with van der Waals surface area (Å²) in [5.74, 6) is -4.84. The van der Waals surface area contributed by atoms with Crippen molar-refractivity contribution in [2.75, 3.05) is 0 Å². The van der Waals surface area contributed by atoms with Crippen LogP contribution in [0.1, 0.15) is 17.5 Å². The Morgan fingerprint density at radius 2 is 2.08 bits per heavy atom. The molecule has 1 aliphatic heterocycles. The summed E-state index contributed by atoms with van der Waals surface area (Å²) in [7, 11) is 0. The molecule has 12 heteroatoms. The second kappa shape index (κ2) is 7.09. The molecule has 3 N–H and O–H groups in total. The number of carboxylic acid groups (broad SMARTS) is 1. The molecule has 1 fully saturated rings. The Morgan fingerprint density at radius 1 is 1.40 bits per heavy atom. The number of alkyl halides is 3. The van der Waals surface area contributed by atoms with Crippen LogP contribution in [0.5, 0.6) is 5.75 Å². The lowest BCUT2D eigenvalue weighted by Gasteiger charge is -2.09. The maximum Gasteiger partial charge on any atom is 0.419 e. The minimum atomic E-state index is -4.96. The molecule has 0 aromatic heterocycles. The molecule has 0 spiro atoms. The van der Waals surface area contributed by atoms with Gasteiger partial charge in [0.2, 0.25) is 5.91 Å². The molecular weight excluding hydrogens is 370 g/mol. The van der Waals surface area contributed by atoms with Crippen LogP contribution < -0.4 is 5.32 Å². The van der Waals surface area contributed by atoms with E-state index in [4.69, 9.17) is 5.11 Å². The number of carbonyl (C=O) groups is 2. The summed E-state index contributed by atoms with van der Waals surface area (Å²) in [6.07, 6.45) is -4.59. The largest absolute Gasteiger partial charge is 0.504 e. The van der Waals surface area contributed by atoms with Crippen LogP contribution in [0, 0.1) is 5.82 Å². The topological polar surface area (TPSA) is 111 Å². The van der Waals surface area contributed by atoms with Crippen LogP contribution in [0.3, 0.4) is 0 Å². The fraction of sp³-hybridized carbons (Fsp3) is 0.231. The molecular formula is C13H9F4N3O4S. The number of nitrogens with zero attached hydrogens (tertiary/aromatic N) is 2. The van der Waals surface area contributed by atoms with Gasteiger partial charge in [-0.25, -0.2) is 4.39 Å². The molecule has 1 amide bonds. The van der Waals surface area contributed by atoms with Gasteiger partial charge in [-0.3, -0.25) is 9.59 Å². The molecule has 7 nitrogen and oxygen atoms in total. The first kappa shape index (κ1) is 18.7. The lowest BCUT2D eigenvalue weighted by atomic mass is 10.1. The zero-order chi connectivity index (χ0) is 18.8. The molecule has 0 saturated carbocycles. The Labute approximate surface area is 141 Å². The van der Waals surface area contributed by atoms with Gasteiger partial charge in [-0.05, 0) is 12.1 Å². The molecule has 1 aliphatic rings. The number of amides is 1. The summed E-state index contributed by atoms with van der Waals surface area (Å²) in [5.41, 5.74) is -1.98. The summed E-state index contributed by atoms with van der Waals surface area (Å²) in [6, 6.07) is 1.25. The predicted octanol–water partition coefficient (Wildman–Crippen LogP) is 1.95. The molecule has 1 saturated heterocycles. The fourth-order valence-electron chi connectivity index (χ4n) is 1.79. The van der Waals surface area contributed by atoms with Gasteiger partial charge < -0.3 is 15.5 Å². The van der Waals surface area contributed by atoms with Crippen molar-refractivity contribution in [3.05, 3.63) is 29.1 Å². The SMILES string of the molecule is O=C(O)CC1SC(=NN=Cc2ccc(C(F)(F)F)c(F)c2O)NC1=O. The smallest absolute Gasteiger partial charge is 0.419 e. The van der Waals surface area contributed by atoms with E-state index < -0.39 is 46.9 Å². The second-order valence-corrected chi connectivity index (χ2v) is 5.90. The number of benzene rings is 1. The second-order valence-electron chi connectivity index (χ2n) is 4.71. The third kappa shape index (κ3) is 4.47. The fourth-order valence-corrected chi connectivity index (χ4v) is 2.71. The normalized spacial score (nSPS) is 19.6. The third-order valence-electron chi connectivity index (χ3n) is 2.93. The molecule has 1 unspecified atom stereocenters. The number of halogens is 4. The number of phenolic OH excluding ortho intramolecular Hbond substituents is 1. The number of carbonyl (C=O) groups excluding carboxylic acids is 1. The highest BCUT2D eigenvalue weighted by molar-refractivity contribution is 8.15. The van der Waals surface area contributed by atoms with E-state index in [0.29, 0.717) is 6.07 Å². The van der Waals surface area contributed by atoms with Crippen LogP contribution in [0.15, 0.2) is 22.3 Å². The van der Waals surface area contributed by atoms with E-state index in [2.05, 4.69) is 15.5 Å². The Kier molecular flexibility index (Phi) is 5.30. The van der Waals surface area contributed by atoms with Crippen LogP contribution in [-0.2, 0) is 15.8 Å². The molecule has 1 heterocycles. The minimum absolute atomic E-state index is 0.0284. The molecule has 25 heavy (non-hydrogen) atoms. The zero-order valence-electron chi connectivity index (χ0n) is 12.0. The van der Waals surface area contributed by atoms with Crippen molar-refractivity contribution in [1.29, 1.82) is 0 Å². The molecule has 0 radical (unpaired) electrons. The highest BCUT2D eigenvalue weighted by Gasteiger charge is 2.35. The zero-order valence-corrected chi connectivity index (χ0v) is 12.9.